The highest BCUT2D eigenvalue weighted by Crippen LogP contribution is 2.46. The minimum Gasteiger partial charge on any atom is -0.494 e. The van der Waals surface area contributed by atoms with E-state index in [0.717, 1.165) is 45.7 Å². The van der Waals surface area contributed by atoms with Crippen molar-refractivity contribution in [2.45, 2.75) is 64.3 Å². The Morgan fingerprint density at radius 1 is 0.750 bits per heavy atom. The minimum atomic E-state index is -0.472. The van der Waals surface area contributed by atoms with Gasteiger partial charge in [-0.1, -0.05) is 91.3 Å². The molecule has 7 rings (SSSR count). The smallest absolute Gasteiger partial charge is 0.126 e. The lowest BCUT2D eigenvalue weighted by Crippen LogP contribution is -2.53. The molecule has 1 aliphatic carbocycles. The molecule has 0 N–H and O–H groups in total. The predicted octanol–water partition coefficient (Wildman–Crippen LogP) is 8.62. The SMILES string of the molecule is CCOc1ccc(Cc2cc3c(cc2Cl)OC[C@@H]2C[C@@H]2COC[C@H]2O[C@@H]3[C@H](OCc3ccccc3)[C@@H](OCc3ccccc3)[C@@H]2C)cc1. The summed E-state index contributed by atoms with van der Waals surface area (Å²) < 4.78 is 39.3. The summed E-state index contributed by atoms with van der Waals surface area (Å²) in [5, 5.41) is 0.671. The maximum Gasteiger partial charge on any atom is 0.126 e. The van der Waals surface area contributed by atoms with Crippen LogP contribution in [-0.4, -0.2) is 44.7 Å². The van der Waals surface area contributed by atoms with Crippen molar-refractivity contribution < 1.29 is 28.4 Å². The summed E-state index contributed by atoms with van der Waals surface area (Å²) in [5.41, 5.74) is 5.28. The van der Waals surface area contributed by atoms with Gasteiger partial charge in [0.1, 0.15) is 23.7 Å². The van der Waals surface area contributed by atoms with Crippen molar-refractivity contribution in [3.8, 4) is 11.5 Å². The number of hydrogen-bond donors (Lipinski definition) is 0. The standard InChI is InChI=1S/C41H45ClO6/c1-3-44-34-16-14-28(15-17-34)18-31-20-35-37(21-36(31)42)45-25-33-19-32(33)24-43-26-38-27(2)39(46-22-29-10-6-4-7-11-29)41(40(35)48-38)47-23-30-12-8-5-9-13-30/h4-17,20-21,27,32-33,38-41H,3,18-19,22-26H2,1-2H3/t27-,32-,33+,38-,39+,40+,41-/m1/s1. The lowest BCUT2D eigenvalue weighted by molar-refractivity contribution is -0.243. The number of halogens is 1. The van der Waals surface area contributed by atoms with E-state index in [1.54, 1.807) is 0 Å². The van der Waals surface area contributed by atoms with Gasteiger partial charge in [-0.2, -0.15) is 0 Å². The zero-order valence-electron chi connectivity index (χ0n) is 27.8. The van der Waals surface area contributed by atoms with Crippen LogP contribution in [0.4, 0.5) is 0 Å². The van der Waals surface area contributed by atoms with Crippen LogP contribution in [0.25, 0.3) is 0 Å². The Balaban J connectivity index is 1.27. The lowest BCUT2D eigenvalue weighted by Gasteiger charge is -2.46. The van der Waals surface area contributed by atoms with Gasteiger partial charge in [-0.15, -0.1) is 0 Å². The molecule has 7 atom stereocenters. The molecule has 1 saturated carbocycles. The third-order valence-corrected chi connectivity index (χ3v) is 10.2. The molecule has 4 aromatic carbocycles. The average Bonchev–Trinajstić information content (AvgIpc) is 3.87. The second kappa shape index (κ2) is 15.4. The van der Waals surface area contributed by atoms with Gasteiger partial charge in [0.15, 0.2) is 0 Å². The molecule has 2 aliphatic heterocycles. The van der Waals surface area contributed by atoms with E-state index in [2.05, 4.69) is 49.4 Å². The van der Waals surface area contributed by atoms with Crippen molar-refractivity contribution in [3.05, 3.63) is 130 Å². The van der Waals surface area contributed by atoms with E-state index >= 15 is 0 Å². The van der Waals surface area contributed by atoms with Gasteiger partial charge in [0.25, 0.3) is 0 Å². The van der Waals surface area contributed by atoms with Gasteiger partial charge < -0.3 is 28.4 Å². The van der Waals surface area contributed by atoms with Crippen molar-refractivity contribution >= 4 is 11.6 Å². The fourth-order valence-electron chi connectivity index (χ4n) is 6.92. The molecule has 0 unspecified atom stereocenters. The summed E-state index contributed by atoms with van der Waals surface area (Å²) in [6.45, 7) is 7.54. The van der Waals surface area contributed by atoms with Crippen LogP contribution in [0, 0.1) is 17.8 Å². The maximum atomic E-state index is 7.05. The van der Waals surface area contributed by atoms with Crippen LogP contribution >= 0.6 is 11.6 Å². The van der Waals surface area contributed by atoms with E-state index in [9.17, 15) is 0 Å². The Hall–Kier alpha value is -3.39. The molecule has 0 aromatic heterocycles. The number of benzene rings is 4. The van der Waals surface area contributed by atoms with Crippen molar-refractivity contribution in [2.75, 3.05) is 26.4 Å². The first-order chi connectivity index (χ1) is 23.6. The highest BCUT2D eigenvalue weighted by molar-refractivity contribution is 6.31. The number of fused-ring (bicyclic) bond motifs is 5. The zero-order chi connectivity index (χ0) is 32.9. The Morgan fingerprint density at radius 3 is 2.10 bits per heavy atom. The van der Waals surface area contributed by atoms with E-state index in [0.29, 0.717) is 62.9 Å². The summed E-state index contributed by atoms with van der Waals surface area (Å²) in [6.07, 6.45) is 0.411. The maximum absolute atomic E-state index is 7.05. The predicted molar refractivity (Wildman–Crippen MR) is 187 cm³/mol. The molecule has 4 aromatic rings. The minimum absolute atomic E-state index is 0.0173. The van der Waals surface area contributed by atoms with Crippen molar-refractivity contribution in [1.82, 2.24) is 0 Å². The monoisotopic (exact) mass is 668 g/mol. The van der Waals surface area contributed by atoms with Crippen LogP contribution in [0.15, 0.2) is 97.1 Å². The van der Waals surface area contributed by atoms with Crippen molar-refractivity contribution in [2.24, 2.45) is 17.8 Å². The van der Waals surface area contributed by atoms with Gasteiger partial charge >= 0.3 is 0 Å². The van der Waals surface area contributed by atoms with Gasteiger partial charge in [-0.3, -0.25) is 0 Å². The Bertz CT molecular complexity index is 1610. The van der Waals surface area contributed by atoms with Crippen LogP contribution in [0.3, 0.4) is 0 Å². The quantitative estimate of drug-likeness (QED) is 0.169. The molecule has 0 radical (unpaired) electrons. The Kier molecular flexibility index (Phi) is 10.7. The fourth-order valence-corrected chi connectivity index (χ4v) is 7.14. The second-order valence-electron chi connectivity index (χ2n) is 13.3. The topological polar surface area (TPSA) is 55.4 Å². The molecule has 1 saturated heterocycles. The molecule has 0 spiro atoms. The summed E-state index contributed by atoms with van der Waals surface area (Å²) in [7, 11) is 0. The molecule has 252 valence electrons. The highest BCUT2D eigenvalue weighted by atomic mass is 35.5. The van der Waals surface area contributed by atoms with Gasteiger partial charge in [0.05, 0.1) is 45.2 Å². The van der Waals surface area contributed by atoms with Gasteiger partial charge in [0, 0.05) is 23.1 Å². The molecule has 2 bridgehead atoms. The first-order valence-corrected chi connectivity index (χ1v) is 17.6. The lowest BCUT2D eigenvalue weighted by atomic mass is 9.84. The second-order valence-corrected chi connectivity index (χ2v) is 13.7. The normalized spacial score (nSPS) is 26.6. The molecule has 6 nitrogen and oxygen atoms in total. The van der Waals surface area contributed by atoms with E-state index < -0.39 is 12.2 Å². The van der Waals surface area contributed by atoms with Gasteiger partial charge in [-0.05, 0) is 78.1 Å². The van der Waals surface area contributed by atoms with Crippen LogP contribution in [-0.2, 0) is 38.6 Å². The van der Waals surface area contributed by atoms with Crippen molar-refractivity contribution in [3.63, 3.8) is 0 Å². The number of ether oxygens (including phenoxy) is 6. The summed E-state index contributed by atoms with van der Waals surface area (Å²) >= 11 is 7.02. The van der Waals surface area contributed by atoms with Crippen molar-refractivity contribution in [1.29, 1.82) is 0 Å². The molecule has 2 heterocycles. The first-order valence-electron chi connectivity index (χ1n) is 17.3. The van der Waals surface area contributed by atoms with Gasteiger partial charge in [-0.25, -0.2) is 0 Å². The molecule has 0 amide bonds. The summed E-state index contributed by atoms with van der Waals surface area (Å²) in [6, 6.07) is 32.9. The molecule has 3 aliphatic rings. The van der Waals surface area contributed by atoms with Crippen LogP contribution in [0.1, 0.15) is 54.2 Å². The van der Waals surface area contributed by atoms with Gasteiger partial charge in [0.2, 0.25) is 0 Å². The van der Waals surface area contributed by atoms with E-state index in [-0.39, 0.29) is 18.1 Å². The molecule has 7 heteroatoms. The Labute approximate surface area is 289 Å². The summed E-state index contributed by atoms with van der Waals surface area (Å²) in [4.78, 5) is 0. The molecule has 48 heavy (non-hydrogen) atoms. The fraction of sp³-hybridized carbons (Fsp3) is 0.415. The van der Waals surface area contributed by atoms with Crippen LogP contribution in [0.5, 0.6) is 11.5 Å². The van der Waals surface area contributed by atoms with E-state index in [1.165, 1.54) is 0 Å². The largest absolute Gasteiger partial charge is 0.494 e. The average molecular weight is 669 g/mol. The molecular weight excluding hydrogens is 624 g/mol. The number of hydrogen-bond acceptors (Lipinski definition) is 6. The van der Waals surface area contributed by atoms with Crippen LogP contribution < -0.4 is 9.47 Å². The first kappa shape index (κ1) is 33.1. The molecule has 2 fully saturated rings. The van der Waals surface area contributed by atoms with E-state index in [1.807, 2.05) is 61.5 Å². The number of rotatable bonds is 10. The van der Waals surface area contributed by atoms with Crippen LogP contribution in [0.2, 0.25) is 5.02 Å². The van der Waals surface area contributed by atoms with E-state index in [4.69, 9.17) is 40.0 Å². The summed E-state index contributed by atoms with van der Waals surface area (Å²) in [5.74, 6) is 2.60. The highest BCUT2D eigenvalue weighted by Gasteiger charge is 2.48. The molecular formula is C41H45ClO6. The zero-order valence-corrected chi connectivity index (χ0v) is 28.5. The third-order valence-electron chi connectivity index (χ3n) is 9.87. The third kappa shape index (κ3) is 7.90. The Morgan fingerprint density at radius 2 is 1.42 bits per heavy atom.